The summed E-state index contributed by atoms with van der Waals surface area (Å²) in [5, 5.41) is 9.99. The van der Waals surface area contributed by atoms with Crippen molar-refractivity contribution >= 4 is 54.4 Å². The zero-order valence-electron chi connectivity index (χ0n) is 57.3. The van der Waals surface area contributed by atoms with Gasteiger partial charge in [0.15, 0.2) is 12.6 Å². The number of ketones is 1. The number of carbonyl (C=O) groups is 3. The molecule has 0 spiro atoms. The third-order valence-electron chi connectivity index (χ3n) is 26.5. The minimum atomic E-state index is -2.89. The van der Waals surface area contributed by atoms with Gasteiger partial charge in [-0.05, 0) is 231 Å². The van der Waals surface area contributed by atoms with Crippen molar-refractivity contribution in [2.75, 3.05) is 26.5 Å². The van der Waals surface area contributed by atoms with Crippen molar-refractivity contribution in [3.63, 3.8) is 0 Å². The predicted octanol–water partition coefficient (Wildman–Crippen LogP) is 20.2. The van der Waals surface area contributed by atoms with E-state index in [4.69, 9.17) is 28.8 Å². The molecule has 94 heavy (non-hydrogen) atoms. The van der Waals surface area contributed by atoms with Crippen LogP contribution in [0, 0.1) is 69.0 Å². The fourth-order valence-corrected chi connectivity index (χ4v) is 29.3. The van der Waals surface area contributed by atoms with E-state index in [1.54, 1.807) is 16.7 Å². The first-order chi connectivity index (χ1) is 44.3. The Morgan fingerprint density at radius 1 is 0.564 bits per heavy atom. The molecule has 1 N–H and O–H groups in total. The van der Waals surface area contributed by atoms with E-state index < -0.39 is 11.3 Å². The topological polar surface area (TPSA) is 118 Å². The molecule has 13 rings (SSSR count). The number of Topliss-reactive ketones (excluding diaryl/α,β-unsaturated/α-hetero) is 1. The first kappa shape index (κ1) is 74.5. The van der Waals surface area contributed by atoms with Crippen LogP contribution in [-0.4, -0.2) is 74.1 Å². The standard InChI is InChI=1S/C32H50O4.C26H40O3.C23H24BrO2P.2CH4/c1-22(9-5-6-10-29(33)34-4)26-14-15-27-25-13-12-23-21-24(36-30-11-7-8-20-35-30)16-18-31(23,2)28(25)17-19-32(26,27)3;1-17(27)21-9-10-22-20-8-7-18-16-19(29-24-6-4-5-15-28-24)11-13-25(18,2)23(20)12-14-26(21,22)3;24-27(19-11-10-18-23(25)26,20-12-4-1-5-13-20,21-14-6-2-7-15-21)22-16-8-3-9-17-22;;/h9,12,24-28,30H,5-8,10-11,13-21H2,1-4H3;7,19-24H,4-6,8-16H2,1-3H3;1-9,12-17H,10-11,18-19H2,(H,25,26);2*1H4/b22-9+;;;;/t24-,25-,26+,27-,28-,30?,31-,32+;19-,20-,21+,22-,23-,24?,25-,26+;;;/m00.../s1. The molecule has 10 aliphatic rings. The van der Waals surface area contributed by atoms with Gasteiger partial charge in [0, 0.05) is 25.6 Å². The summed E-state index contributed by atoms with van der Waals surface area (Å²) in [6, 6.07) is 31.8. The molecule has 3 aromatic carbocycles. The van der Waals surface area contributed by atoms with Gasteiger partial charge in [-0.2, -0.15) is 0 Å². The Balaban J connectivity index is 0.000000166. The Bertz CT molecular complexity index is 2960. The molecule has 0 radical (unpaired) electrons. The van der Waals surface area contributed by atoms with Crippen LogP contribution in [0.5, 0.6) is 0 Å². The van der Waals surface area contributed by atoms with E-state index in [0.29, 0.717) is 58.9 Å². The fraction of sp³-hybridized carbons (Fsp3) is 0.675. The van der Waals surface area contributed by atoms with Gasteiger partial charge < -0.3 is 23.7 Å². The number of esters is 1. The molecule has 2 aliphatic heterocycles. The van der Waals surface area contributed by atoms with E-state index in [1.165, 1.54) is 132 Å². The molecule has 0 aromatic heterocycles. The van der Waals surface area contributed by atoms with E-state index in [2.05, 4.69) is 141 Å². The Morgan fingerprint density at radius 2 is 1.02 bits per heavy atom. The van der Waals surface area contributed by atoms with Gasteiger partial charge in [0.2, 0.25) is 0 Å². The van der Waals surface area contributed by atoms with Gasteiger partial charge in [0.25, 0.3) is 0 Å². The maximum atomic E-state index is 12.3. The van der Waals surface area contributed by atoms with Crippen LogP contribution in [-0.2, 0) is 38.1 Å². The Labute approximate surface area is 576 Å². The van der Waals surface area contributed by atoms with Gasteiger partial charge in [-0.25, -0.2) is 0 Å². The van der Waals surface area contributed by atoms with Crippen molar-refractivity contribution in [2.24, 2.45) is 69.0 Å². The van der Waals surface area contributed by atoms with Gasteiger partial charge in [-0.3, -0.25) is 9.59 Å². The van der Waals surface area contributed by atoms with Crippen LogP contribution >= 0.6 is 20.8 Å². The summed E-state index contributed by atoms with van der Waals surface area (Å²) in [7, 11) is 1.48. The molecule has 0 bridgehead atoms. The average Bonchev–Trinajstić information content (AvgIpc) is 0.946. The number of aliphatic carboxylic acids is 1. The van der Waals surface area contributed by atoms with Crippen LogP contribution in [0.15, 0.2) is 126 Å². The van der Waals surface area contributed by atoms with Crippen molar-refractivity contribution in [3.05, 3.63) is 126 Å². The van der Waals surface area contributed by atoms with Crippen LogP contribution in [0.2, 0.25) is 0 Å². The number of methoxy groups -OCH3 is 1. The Hall–Kier alpha value is -3.76. The molecule has 2 saturated heterocycles. The number of fused-ring (bicyclic) bond motifs is 10. The van der Waals surface area contributed by atoms with E-state index in [1.807, 2.05) is 25.1 Å². The molecule has 2 unspecified atom stereocenters. The van der Waals surface area contributed by atoms with Gasteiger partial charge in [-0.1, -0.05) is 77.5 Å². The number of halogens is 1. The summed E-state index contributed by atoms with van der Waals surface area (Å²) >= 11 is 4.37. The number of allylic oxidation sites excluding steroid dienone is 4. The number of hydrogen-bond donors (Lipinski definition) is 1. The molecule has 9 nitrogen and oxygen atoms in total. The second-order valence-electron chi connectivity index (χ2n) is 31.3. The molecular weight excluding hydrogens is 1250 g/mol. The van der Waals surface area contributed by atoms with Crippen LogP contribution in [0.25, 0.3) is 0 Å². The van der Waals surface area contributed by atoms with Crippen LogP contribution in [0.1, 0.15) is 236 Å². The monoisotopic (exact) mass is 1370 g/mol. The molecule has 16 atom stereocenters. The summed E-state index contributed by atoms with van der Waals surface area (Å²) in [6.07, 6.45) is 40.5. The number of ether oxygens (including phenoxy) is 5. The van der Waals surface area contributed by atoms with E-state index in [9.17, 15) is 14.4 Å². The number of carbonyl (C=O) groups excluding carboxylic acids is 2. The zero-order valence-corrected chi connectivity index (χ0v) is 59.8. The molecular formula is C83H122BrO9P. The number of rotatable bonds is 18. The summed E-state index contributed by atoms with van der Waals surface area (Å²) in [5.41, 5.74) is 6.37. The van der Waals surface area contributed by atoms with Gasteiger partial charge in [-0.15, -0.1) is 0 Å². The van der Waals surface area contributed by atoms with Crippen molar-refractivity contribution < 1.29 is 43.2 Å². The molecule has 8 fully saturated rings. The molecule has 2 heterocycles. The third-order valence-corrected chi connectivity index (χ3v) is 36.5. The molecule has 8 aliphatic carbocycles. The zero-order chi connectivity index (χ0) is 64.8. The normalized spacial score (nSPS) is 35.3. The predicted molar refractivity (Wildman–Crippen MR) is 392 cm³/mol. The first-order valence-corrected chi connectivity index (χ1v) is 41.0. The minimum absolute atomic E-state index is 0. The second kappa shape index (κ2) is 32.1. The molecule has 0 amide bonds. The Morgan fingerprint density at radius 3 is 1.45 bits per heavy atom. The van der Waals surface area contributed by atoms with Crippen molar-refractivity contribution in [3.8, 4) is 0 Å². The molecule has 6 saturated carbocycles. The van der Waals surface area contributed by atoms with E-state index >= 15 is 0 Å². The van der Waals surface area contributed by atoms with Gasteiger partial charge in [0.05, 0.1) is 19.3 Å². The summed E-state index contributed by atoms with van der Waals surface area (Å²) in [6.45, 7) is 16.2. The second-order valence-corrected chi connectivity index (χ2v) is 40.3. The molecule has 3 aromatic rings. The van der Waals surface area contributed by atoms with E-state index in [0.717, 1.165) is 106 Å². The molecule has 520 valence electrons. The number of hydrogen-bond acceptors (Lipinski definition) is 8. The SMILES string of the molecule is C.C.CC(=O)[C@H]1CC[C@H]2[C@@H]3CC=C4C[C@@H](OC5CCCCO5)CC[C@]4(C)[C@H]3CC[C@]12C.COC(=O)CCC/C=C(\C)[C@H]1CC[C@H]2[C@@H]3CC=C4C[C@@H](OC5CCCCO5)CC[C@]4(C)[C@H]3CC[C@]12C.O=C(O)CCCCP(Br)(c1ccccc1)(c1ccccc1)c1ccccc1. The summed E-state index contributed by atoms with van der Waals surface area (Å²) in [5.74, 6) is 5.49. The van der Waals surface area contributed by atoms with Crippen LogP contribution < -0.4 is 15.9 Å². The number of carboxylic acids is 1. The number of benzene rings is 3. The Kier molecular flexibility index (Phi) is 25.4. The number of unbranched alkanes of at least 4 members (excludes halogenated alkanes) is 2. The first-order valence-electron chi connectivity index (χ1n) is 36.6. The summed E-state index contributed by atoms with van der Waals surface area (Å²) < 4.78 is 29.4. The third kappa shape index (κ3) is 15.2. The van der Waals surface area contributed by atoms with Crippen molar-refractivity contribution in [2.45, 2.75) is 261 Å². The van der Waals surface area contributed by atoms with Gasteiger partial charge >= 0.3 is 175 Å². The maximum absolute atomic E-state index is 12.3. The van der Waals surface area contributed by atoms with Crippen LogP contribution in [0.3, 0.4) is 0 Å². The van der Waals surface area contributed by atoms with Crippen LogP contribution in [0.4, 0.5) is 0 Å². The number of carboxylic acid groups (broad SMARTS) is 1. The van der Waals surface area contributed by atoms with E-state index in [-0.39, 0.29) is 45.2 Å². The van der Waals surface area contributed by atoms with Gasteiger partial charge in [0.1, 0.15) is 5.78 Å². The van der Waals surface area contributed by atoms with Crippen molar-refractivity contribution in [1.29, 1.82) is 0 Å². The molecule has 11 heteroatoms. The summed E-state index contributed by atoms with van der Waals surface area (Å²) in [4.78, 5) is 34.8. The average molecular weight is 1370 g/mol. The quantitative estimate of drug-likeness (QED) is 0.0575. The fourth-order valence-electron chi connectivity index (χ4n) is 21.5. The van der Waals surface area contributed by atoms with Crippen molar-refractivity contribution in [1.82, 2.24) is 0 Å².